The normalized spacial score (nSPS) is 21.2. The molecule has 4 rings (SSSR count). The van der Waals surface area contributed by atoms with E-state index >= 15 is 0 Å². The highest BCUT2D eigenvalue weighted by Gasteiger charge is 2.31. The summed E-state index contributed by atoms with van der Waals surface area (Å²) in [6.45, 7) is 1.40. The van der Waals surface area contributed by atoms with Crippen molar-refractivity contribution >= 4 is 23.2 Å². The van der Waals surface area contributed by atoms with Crippen molar-refractivity contribution < 1.29 is 9.72 Å². The zero-order chi connectivity index (χ0) is 18.1. The van der Waals surface area contributed by atoms with E-state index in [1.807, 2.05) is 4.90 Å². The van der Waals surface area contributed by atoms with Crippen LogP contribution < -0.4 is 5.32 Å². The number of imidazole rings is 1. The smallest absolute Gasteiger partial charge is 0.362 e. The van der Waals surface area contributed by atoms with Gasteiger partial charge < -0.3 is 20.3 Å². The maximum Gasteiger partial charge on any atom is 0.368 e. The summed E-state index contributed by atoms with van der Waals surface area (Å²) in [5.41, 5.74) is 0.433. The van der Waals surface area contributed by atoms with E-state index < -0.39 is 4.92 Å². The Hall–Kier alpha value is -2.71. The van der Waals surface area contributed by atoms with E-state index in [0.29, 0.717) is 18.0 Å². The molecule has 1 saturated carbocycles. The minimum atomic E-state index is -0.503. The van der Waals surface area contributed by atoms with Crippen molar-refractivity contribution in [3.05, 3.63) is 28.4 Å². The molecule has 2 aliphatic rings. The molecule has 1 saturated heterocycles. The molecule has 138 valence electrons. The predicted molar refractivity (Wildman–Crippen MR) is 94.8 cm³/mol. The number of nitrogens with zero attached hydrogens (tertiary/aromatic N) is 5. The third-order valence-electron chi connectivity index (χ3n) is 5.34. The first-order valence-electron chi connectivity index (χ1n) is 9.16. The van der Waals surface area contributed by atoms with Gasteiger partial charge >= 0.3 is 5.82 Å². The topological polar surface area (TPSA) is 106 Å². The van der Waals surface area contributed by atoms with Gasteiger partial charge in [0.2, 0.25) is 11.6 Å². The molecule has 2 aromatic heterocycles. The first-order valence-corrected chi connectivity index (χ1v) is 9.16. The number of anilines is 1. The highest BCUT2D eigenvalue weighted by Crippen LogP contribution is 2.27. The van der Waals surface area contributed by atoms with Crippen molar-refractivity contribution in [2.45, 2.75) is 44.6 Å². The van der Waals surface area contributed by atoms with Crippen molar-refractivity contribution in [2.75, 3.05) is 18.4 Å². The highest BCUT2D eigenvalue weighted by molar-refractivity contribution is 5.79. The summed E-state index contributed by atoms with van der Waals surface area (Å²) in [5.74, 6) is 0.855. The van der Waals surface area contributed by atoms with Gasteiger partial charge in [-0.25, -0.2) is 4.98 Å². The van der Waals surface area contributed by atoms with Gasteiger partial charge in [0.05, 0.1) is 0 Å². The number of hydrogen-bond donors (Lipinski definition) is 1. The van der Waals surface area contributed by atoms with Gasteiger partial charge in [0.1, 0.15) is 6.20 Å². The van der Waals surface area contributed by atoms with Crippen LogP contribution in [0.1, 0.15) is 38.5 Å². The number of aromatic nitrogens is 3. The first kappa shape index (κ1) is 16.7. The molecule has 9 heteroatoms. The Morgan fingerprint density at radius 3 is 2.81 bits per heavy atom. The SMILES string of the molecule is O=C(C1CCCCC1)N1CCC(Nc2ccc3ncc([N+](=O)[O-])n3n2)C1. The van der Waals surface area contributed by atoms with Crippen LogP contribution in [0.15, 0.2) is 18.3 Å². The quantitative estimate of drug-likeness (QED) is 0.664. The lowest BCUT2D eigenvalue weighted by Gasteiger charge is -2.26. The molecule has 0 spiro atoms. The molecule has 1 N–H and O–H groups in total. The van der Waals surface area contributed by atoms with Crippen LogP contribution in [0.25, 0.3) is 5.65 Å². The minimum Gasteiger partial charge on any atom is -0.362 e. The summed E-state index contributed by atoms with van der Waals surface area (Å²) in [7, 11) is 0. The fraction of sp³-hybridized carbons (Fsp3) is 0.588. The van der Waals surface area contributed by atoms with Gasteiger partial charge in [-0.05, 0) is 30.3 Å². The van der Waals surface area contributed by atoms with Crippen LogP contribution in [0.3, 0.4) is 0 Å². The van der Waals surface area contributed by atoms with E-state index in [-0.39, 0.29) is 23.7 Å². The fourth-order valence-corrected chi connectivity index (χ4v) is 3.96. The molecular weight excluding hydrogens is 336 g/mol. The molecule has 1 aliphatic carbocycles. The average Bonchev–Trinajstić information content (AvgIpc) is 3.28. The lowest BCUT2D eigenvalue weighted by Crippen LogP contribution is -2.37. The molecule has 2 aromatic rings. The first-order chi connectivity index (χ1) is 12.6. The van der Waals surface area contributed by atoms with E-state index in [4.69, 9.17) is 0 Å². The Morgan fingerprint density at radius 2 is 2.04 bits per heavy atom. The van der Waals surface area contributed by atoms with Gasteiger partial charge in [-0.1, -0.05) is 28.9 Å². The monoisotopic (exact) mass is 358 g/mol. The van der Waals surface area contributed by atoms with Crippen LogP contribution in [0, 0.1) is 16.0 Å². The summed E-state index contributed by atoms with van der Waals surface area (Å²) in [6, 6.07) is 3.56. The maximum absolute atomic E-state index is 12.7. The van der Waals surface area contributed by atoms with Crippen LogP contribution in [0.4, 0.5) is 11.6 Å². The maximum atomic E-state index is 12.7. The Labute approximate surface area is 150 Å². The van der Waals surface area contributed by atoms with Gasteiger partial charge in [0.25, 0.3) is 0 Å². The van der Waals surface area contributed by atoms with Gasteiger partial charge in [-0.3, -0.25) is 4.79 Å². The zero-order valence-electron chi connectivity index (χ0n) is 14.5. The lowest BCUT2D eigenvalue weighted by molar-refractivity contribution is -0.391. The number of carbonyl (C=O) groups excluding carboxylic acids is 1. The molecule has 0 aromatic carbocycles. The third-order valence-corrected chi connectivity index (χ3v) is 5.34. The second kappa shape index (κ2) is 6.89. The average molecular weight is 358 g/mol. The summed E-state index contributed by atoms with van der Waals surface area (Å²) in [4.78, 5) is 29.1. The van der Waals surface area contributed by atoms with E-state index in [1.165, 1.54) is 17.1 Å². The van der Waals surface area contributed by atoms with E-state index in [1.54, 1.807) is 12.1 Å². The summed E-state index contributed by atoms with van der Waals surface area (Å²) < 4.78 is 1.22. The Kier molecular flexibility index (Phi) is 4.44. The number of amides is 1. The Balaban J connectivity index is 1.42. The van der Waals surface area contributed by atoms with E-state index in [9.17, 15) is 14.9 Å². The van der Waals surface area contributed by atoms with Gasteiger partial charge in [-0.2, -0.15) is 0 Å². The molecule has 9 nitrogen and oxygen atoms in total. The molecule has 0 bridgehead atoms. The zero-order valence-corrected chi connectivity index (χ0v) is 14.5. The molecule has 2 fully saturated rings. The predicted octanol–water partition coefficient (Wildman–Crippen LogP) is 2.23. The number of rotatable bonds is 4. The van der Waals surface area contributed by atoms with Crippen molar-refractivity contribution in [2.24, 2.45) is 5.92 Å². The molecule has 1 amide bonds. The van der Waals surface area contributed by atoms with Crippen LogP contribution >= 0.6 is 0 Å². The summed E-state index contributed by atoms with van der Waals surface area (Å²) in [5, 5.41) is 18.6. The second-order valence-electron chi connectivity index (χ2n) is 7.11. The van der Waals surface area contributed by atoms with Gasteiger partial charge in [-0.15, -0.1) is 0 Å². The molecule has 3 heterocycles. The van der Waals surface area contributed by atoms with Crippen molar-refractivity contribution in [1.82, 2.24) is 19.5 Å². The molecular formula is C17H22N6O3. The van der Waals surface area contributed by atoms with Gasteiger partial charge in [0.15, 0.2) is 5.82 Å². The fourth-order valence-electron chi connectivity index (χ4n) is 3.96. The molecule has 1 aliphatic heterocycles. The number of hydrogen-bond acceptors (Lipinski definition) is 6. The second-order valence-corrected chi connectivity index (χ2v) is 7.11. The minimum absolute atomic E-state index is 0.107. The number of fused-ring (bicyclic) bond motifs is 1. The van der Waals surface area contributed by atoms with Gasteiger partial charge in [0, 0.05) is 31.1 Å². The Bertz CT molecular complexity index is 829. The van der Waals surface area contributed by atoms with Crippen molar-refractivity contribution in [3.63, 3.8) is 0 Å². The summed E-state index contributed by atoms with van der Waals surface area (Å²) in [6.07, 6.45) is 7.62. The molecule has 1 atom stereocenters. The third kappa shape index (κ3) is 3.21. The Morgan fingerprint density at radius 1 is 1.23 bits per heavy atom. The highest BCUT2D eigenvalue weighted by atomic mass is 16.6. The van der Waals surface area contributed by atoms with Crippen LogP contribution in [0.2, 0.25) is 0 Å². The molecule has 0 radical (unpaired) electrons. The summed E-state index contributed by atoms with van der Waals surface area (Å²) >= 11 is 0. The van der Waals surface area contributed by atoms with Crippen molar-refractivity contribution in [1.29, 1.82) is 0 Å². The number of nitrogens with one attached hydrogen (secondary N) is 1. The number of likely N-dealkylation sites (tertiary alicyclic amines) is 1. The lowest BCUT2D eigenvalue weighted by atomic mass is 9.88. The van der Waals surface area contributed by atoms with E-state index in [0.717, 1.165) is 38.6 Å². The van der Waals surface area contributed by atoms with E-state index in [2.05, 4.69) is 15.4 Å². The van der Waals surface area contributed by atoms with Crippen LogP contribution in [0.5, 0.6) is 0 Å². The van der Waals surface area contributed by atoms with Crippen LogP contribution in [-0.4, -0.2) is 49.5 Å². The number of nitro groups is 1. The van der Waals surface area contributed by atoms with Crippen molar-refractivity contribution in [3.8, 4) is 0 Å². The van der Waals surface area contributed by atoms with Crippen LogP contribution in [-0.2, 0) is 4.79 Å². The standard InChI is InChI=1S/C17H22N6O3/c24-17(12-4-2-1-3-5-12)21-9-8-13(11-21)19-14-6-7-15-18-10-16(23(25)26)22(15)20-14/h6-7,10,12-13H,1-5,8-9,11H2,(H,19,20). The molecule has 26 heavy (non-hydrogen) atoms. The molecule has 1 unspecified atom stereocenters. The largest absolute Gasteiger partial charge is 0.368 e. The number of carbonyl (C=O) groups is 1.